The molecule has 1 fully saturated rings. The van der Waals surface area contributed by atoms with Crippen LogP contribution in [0.15, 0.2) is 18.2 Å². The number of aromatic nitrogens is 1. The van der Waals surface area contributed by atoms with E-state index in [-0.39, 0.29) is 35.2 Å². The number of alkyl halides is 1. The van der Waals surface area contributed by atoms with Gasteiger partial charge in [0.25, 0.3) is 5.91 Å². The quantitative estimate of drug-likeness (QED) is 0.210. The molecule has 2 N–H and O–H groups in total. The van der Waals surface area contributed by atoms with Gasteiger partial charge in [0.05, 0.1) is 64.1 Å². The molecule has 3 aliphatic heterocycles. The van der Waals surface area contributed by atoms with Crippen LogP contribution in [-0.4, -0.2) is 106 Å². The maximum Gasteiger partial charge on any atom is 0.415 e. The Hall–Kier alpha value is -4.50. The van der Waals surface area contributed by atoms with Gasteiger partial charge in [0.15, 0.2) is 22.8 Å². The second-order valence-electron chi connectivity index (χ2n) is 11.2. The molecule has 3 aliphatic rings. The molecule has 4 heterocycles. The number of H-pyrrole nitrogens is 1. The molecule has 0 unspecified atom stereocenters. The number of carbonyl (C=O) groups excluding carboxylic acids is 4. The third-order valence-electron chi connectivity index (χ3n) is 8.61. The number of methoxy groups -OCH3 is 4. The smallest absolute Gasteiger partial charge is 0.415 e. The number of nitrogens with zero attached hydrogens (tertiary/aromatic N) is 2. The number of halogens is 1. The van der Waals surface area contributed by atoms with Crippen molar-refractivity contribution in [3.63, 3.8) is 0 Å². The Morgan fingerprint density at radius 3 is 2.37 bits per heavy atom. The monoisotopic (exact) mass is 700 g/mol. The highest BCUT2D eigenvalue weighted by molar-refractivity contribution is 9.09. The molecule has 0 spiro atoms. The minimum Gasteiger partial charge on any atom is -0.493 e. The van der Waals surface area contributed by atoms with Crippen molar-refractivity contribution in [2.24, 2.45) is 0 Å². The first-order valence-corrected chi connectivity index (χ1v) is 15.6. The first kappa shape index (κ1) is 31.5. The normalized spacial score (nSPS) is 20.2. The van der Waals surface area contributed by atoms with Crippen LogP contribution in [0, 0.1) is 0 Å². The fourth-order valence-corrected chi connectivity index (χ4v) is 6.81. The van der Waals surface area contributed by atoms with Crippen molar-refractivity contribution in [2.75, 3.05) is 76.8 Å². The molecule has 0 saturated carbocycles. The molecule has 14 nitrogen and oxygen atoms in total. The van der Waals surface area contributed by atoms with Crippen molar-refractivity contribution in [3.8, 4) is 23.0 Å². The number of carbonyl (C=O) groups is 4. The zero-order valence-electron chi connectivity index (χ0n) is 25.9. The lowest BCUT2D eigenvalue weighted by atomic mass is 9.89. The summed E-state index contributed by atoms with van der Waals surface area (Å²) in [6.45, 7) is 2.99. The van der Waals surface area contributed by atoms with Gasteiger partial charge >= 0.3 is 12.1 Å². The second kappa shape index (κ2) is 12.0. The second-order valence-corrected chi connectivity index (χ2v) is 11.8. The third-order valence-corrected chi connectivity index (χ3v) is 9.39. The van der Waals surface area contributed by atoms with E-state index in [2.05, 4.69) is 26.2 Å². The lowest BCUT2D eigenvalue weighted by Crippen LogP contribution is -2.47. The summed E-state index contributed by atoms with van der Waals surface area (Å²) in [6.07, 6.45) is -0.648. The number of ketones is 1. The number of hydrogen-bond acceptors (Lipinski definition) is 11. The van der Waals surface area contributed by atoms with Gasteiger partial charge in [0.2, 0.25) is 11.5 Å². The van der Waals surface area contributed by atoms with Crippen LogP contribution in [-0.2, 0) is 14.3 Å². The number of rotatable bonds is 7. The maximum absolute atomic E-state index is 14.3. The lowest BCUT2D eigenvalue weighted by molar-refractivity contribution is -0.143. The summed E-state index contributed by atoms with van der Waals surface area (Å²) in [5.41, 5.74) is 0.280. The van der Waals surface area contributed by atoms with E-state index >= 15 is 0 Å². The van der Waals surface area contributed by atoms with E-state index in [0.717, 1.165) is 0 Å². The highest BCUT2D eigenvalue weighted by Gasteiger charge is 2.53. The van der Waals surface area contributed by atoms with E-state index in [1.807, 2.05) is 0 Å². The Morgan fingerprint density at radius 1 is 1.02 bits per heavy atom. The highest BCUT2D eigenvalue weighted by Crippen LogP contribution is 2.52. The van der Waals surface area contributed by atoms with Gasteiger partial charge < -0.3 is 48.5 Å². The van der Waals surface area contributed by atoms with Gasteiger partial charge in [-0.2, -0.15) is 0 Å². The van der Waals surface area contributed by atoms with Crippen molar-refractivity contribution in [2.45, 2.75) is 18.4 Å². The SMILES string of the molecule is COC(=O)[C@]1(C)Nc2c(OC(=O)N3CCOCC3)cc3c(c2C1=O)[C@H](CBr)CN3C(=O)c1cc2cc(OC)c(OC)c(OC)c2[nH]1. The topological polar surface area (TPSA) is 158 Å². The molecule has 0 bridgehead atoms. The number of nitrogens with one attached hydrogen (secondary N) is 2. The summed E-state index contributed by atoms with van der Waals surface area (Å²) < 4.78 is 32.8. The van der Waals surface area contributed by atoms with E-state index in [1.54, 1.807) is 18.2 Å². The largest absolute Gasteiger partial charge is 0.493 e. The van der Waals surface area contributed by atoms with Gasteiger partial charge in [0.1, 0.15) is 5.69 Å². The van der Waals surface area contributed by atoms with E-state index in [4.69, 9.17) is 28.4 Å². The summed E-state index contributed by atoms with van der Waals surface area (Å²) in [5, 5.41) is 4.04. The molecule has 2 atom stereocenters. The molecule has 46 heavy (non-hydrogen) atoms. The van der Waals surface area contributed by atoms with Gasteiger partial charge in [-0.1, -0.05) is 15.9 Å². The average Bonchev–Trinajstić information content (AvgIpc) is 3.75. The van der Waals surface area contributed by atoms with Crippen LogP contribution in [0.25, 0.3) is 10.9 Å². The number of anilines is 2. The van der Waals surface area contributed by atoms with Crippen LogP contribution in [0.2, 0.25) is 0 Å². The maximum atomic E-state index is 14.3. The number of fused-ring (bicyclic) bond motifs is 4. The molecule has 0 aliphatic carbocycles. The summed E-state index contributed by atoms with van der Waals surface area (Å²) in [7, 11) is 5.68. The van der Waals surface area contributed by atoms with E-state index in [0.29, 0.717) is 71.0 Å². The minimum atomic E-state index is -1.77. The van der Waals surface area contributed by atoms with Crippen molar-refractivity contribution < 1.29 is 47.6 Å². The first-order valence-electron chi connectivity index (χ1n) is 14.5. The number of hydrogen-bond donors (Lipinski definition) is 2. The molecule has 1 saturated heterocycles. The van der Waals surface area contributed by atoms with E-state index < -0.39 is 29.3 Å². The Balaban J connectivity index is 1.48. The molecule has 2 aromatic carbocycles. The van der Waals surface area contributed by atoms with Crippen LogP contribution < -0.4 is 29.2 Å². The first-order chi connectivity index (χ1) is 22.1. The molecule has 3 aromatic rings. The molecule has 15 heteroatoms. The zero-order valence-corrected chi connectivity index (χ0v) is 27.5. The zero-order chi connectivity index (χ0) is 32.9. The standard InChI is InChI=1S/C31H33BrN4O10/c1-31(29(39)44-5)27(37)22-21-16(13-32)14-36(18(21)12-19(24(22)34-31)46-30(40)35-6-8-45-9-7-35)28(38)17-10-15-11-20(41-2)25(42-3)26(43-4)23(15)33-17/h10-12,16,33-34H,6-9,13-14H2,1-5H3/t16-,31-/m1/s1. The number of esters is 1. The summed E-state index contributed by atoms with van der Waals surface area (Å²) in [4.78, 5) is 60.6. The third kappa shape index (κ3) is 4.80. The Kier molecular flexibility index (Phi) is 8.23. The van der Waals surface area contributed by atoms with Gasteiger partial charge in [-0.05, 0) is 24.6 Å². The molecule has 6 rings (SSSR count). The van der Waals surface area contributed by atoms with Crippen LogP contribution in [0.5, 0.6) is 23.0 Å². The van der Waals surface area contributed by atoms with Gasteiger partial charge in [0, 0.05) is 42.3 Å². The molecule has 1 aromatic heterocycles. The minimum absolute atomic E-state index is 0.00651. The van der Waals surface area contributed by atoms with Crippen LogP contribution in [0.4, 0.5) is 16.2 Å². The lowest BCUT2D eigenvalue weighted by Gasteiger charge is -2.27. The predicted octanol–water partition coefficient (Wildman–Crippen LogP) is 3.70. The highest BCUT2D eigenvalue weighted by atomic mass is 79.9. The molecule has 2 amide bonds. The van der Waals surface area contributed by atoms with Crippen LogP contribution in [0.3, 0.4) is 0 Å². The summed E-state index contributed by atoms with van der Waals surface area (Å²) in [5.74, 6) is -0.917. The number of ether oxygens (including phenoxy) is 6. The van der Waals surface area contributed by atoms with Crippen molar-refractivity contribution in [1.29, 1.82) is 0 Å². The Bertz CT molecular complexity index is 1770. The van der Waals surface area contributed by atoms with E-state index in [1.165, 1.54) is 45.2 Å². The van der Waals surface area contributed by atoms with Gasteiger partial charge in [-0.15, -0.1) is 0 Å². The van der Waals surface area contributed by atoms with E-state index in [9.17, 15) is 19.2 Å². The molecule has 244 valence electrons. The average molecular weight is 702 g/mol. The Morgan fingerprint density at radius 2 is 1.74 bits per heavy atom. The van der Waals surface area contributed by atoms with Crippen molar-refractivity contribution in [1.82, 2.24) is 9.88 Å². The molecule has 0 radical (unpaired) electrons. The number of aromatic amines is 1. The molecular formula is C31H33BrN4O10. The van der Waals surface area contributed by atoms with Crippen LogP contribution in [0.1, 0.15) is 39.3 Å². The van der Waals surface area contributed by atoms with Gasteiger partial charge in [-0.3, -0.25) is 9.59 Å². The number of benzene rings is 2. The van der Waals surface area contributed by atoms with Crippen molar-refractivity contribution >= 4 is 62.0 Å². The number of Topliss-reactive ketones (excluding diaryl/α,β-unsaturated/α-hetero) is 1. The number of morpholine rings is 1. The predicted molar refractivity (Wildman–Crippen MR) is 169 cm³/mol. The fraction of sp³-hybridized carbons (Fsp3) is 0.419. The Labute approximate surface area is 272 Å². The number of amides is 2. The fourth-order valence-electron chi connectivity index (χ4n) is 6.28. The molecular weight excluding hydrogens is 668 g/mol. The summed E-state index contributed by atoms with van der Waals surface area (Å²) in [6, 6.07) is 4.97. The van der Waals surface area contributed by atoms with Crippen LogP contribution >= 0.6 is 15.9 Å². The van der Waals surface area contributed by atoms with Crippen molar-refractivity contribution in [3.05, 3.63) is 35.0 Å². The van der Waals surface area contributed by atoms with Gasteiger partial charge in [-0.25, -0.2) is 9.59 Å². The summed E-state index contributed by atoms with van der Waals surface area (Å²) >= 11 is 3.55.